The van der Waals surface area contributed by atoms with E-state index in [0.29, 0.717) is 156 Å². The number of carbonyl (C=O) groups excluding carboxylic acids is 2. The van der Waals surface area contributed by atoms with E-state index in [1.807, 2.05) is 88.1 Å². The average molecular weight is 2310 g/mol. The Labute approximate surface area is 893 Å². The zero-order chi connectivity index (χ0) is 113. The fourth-order valence-electron chi connectivity index (χ4n) is 14.4. The van der Waals surface area contributed by atoms with Crippen LogP contribution in [-0.4, -0.2) is 534 Å². The largest absolute Gasteiger partial charge is 0.678 e. The van der Waals surface area contributed by atoms with Crippen molar-refractivity contribution in [3.63, 3.8) is 0 Å². The highest BCUT2D eigenvalue weighted by Gasteiger charge is 2.47. The Hall–Kier alpha value is -0.611. The summed E-state index contributed by atoms with van der Waals surface area (Å²) in [7, 11) is 9.67. The molecule has 0 bridgehead atoms. The van der Waals surface area contributed by atoms with Gasteiger partial charge in [-0.2, -0.15) is 0 Å². The lowest BCUT2D eigenvalue weighted by Crippen LogP contribution is -2.48. The third-order valence-corrected chi connectivity index (χ3v) is 50.6. The van der Waals surface area contributed by atoms with Gasteiger partial charge in [-0.25, -0.2) is 0 Å². The lowest BCUT2D eigenvalue weighted by molar-refractivity contribution is -0.141. The first-order chi connectivity index (χ1) is 70.1. The zero-order valence-electron chi connectivity index (χ0n) is 97.2. The monoisotopic (exact) mass is 2310 g/mol. The summed E-state index contributed by atoms with van der Waals surface area (Å²) in [6.45, 7) is 40.4. The Morgan fingerprint density at radius 3 is 0.658 bits per heavy atom. The first-order valence-electron chi connectivity index (χ1n) is 51.3. The van der Waals surface area contributed by atoms with E-state index in [0.717, 1.165) is 140 Å². The summed E-state index contributed by atoms with van der Waals surface area (Å²) in [5, 5.41) is 66.3. The Bertz CT molecular complexity index is 2540. The van der Waals surface area contributed by atoms with Crippen molar-refractivity contribution in [2.24, 2.45) is 0 Å². The maximum Gasteiger partial charge on any atom is 0.678 e. The summed E-state index contributed by atoms with van der Waals surface area (Å²) >= 11 is 0. The van der Waals surface area contributed by atoms with Crippen LogP contribution < -0.4 is 5.32 Å². The van der Waals surface area contributed by atoms with Gasteiger partial charge in [-0.05, 0) is 173 Å². The smallest absolute Gasteiger partial charge is 0.466 e. The van der Waals surface area contributed by atoms with Crippen molar-refractivity contribution >= 4 is 100 Å². The summed E-state index contributed by atoms with van der Waals surface area (Å²) < 4.78 is 175. The van der Waals surface area contributed by atoms with Gasteiger partial charge in [0.1, 0.15) is 0 Å². The number of nitrogens with one attached hydrogen (secondary N) is 1. The molecule has 0 rings (SSSR count). The highest BCUT2D eigenvalue weighted by atomic mass is 28.4. The molecule has 0 saturated heterocycles. The Kier molecular flexibility index (Phi) is 118. The van der Waals surface area contributed by atoms with Crippen molar-refractivity contribution in [1.29, 1.82) is 0 Å². The first kappa shape index (κ1) is 161. The molecule has 0 aliphatic rings. The van der Waals surface area contributed by atoms with Gasteiger partial charge in [0.25, 0.3) is 0 Å². The molecule has 1 amide bonds. The Balaban J connectivity index is -0.000000256. The van der Waals surface area contributed by atoms with Crippen LogP contribution in [0.1, 0.15) is 154 Å². The number of likely N-dealkylation sites (N-methyl/N-ethyl adjacent to an activating group) is 1. The van der Waals surface area contributed by atoms with Gasteiger partial charge in [0.15, 0.2) is 0 Å². The molecular weight excluding hydrogens is 2090 g/mol. The van der Waals surface area contributed by atoms with Crippen LogP contribution in [0.5, 0.6) is 0 Å². The van der Waals surface area contributed by atoms with Crippen LogP contribution in [0.25, 0.3) is 0 Å². The van der Waals surface area contributed by atoms with E-state index in [4.69, 9.17) is 162 Å². The van der Waals surface area contributed by atoms with E-state index < -0.39 is 88.3 Å². The number of hydrogen-bond acceptors (Lipinski definition) is 46. The first-order valence-corrected chi connectivity index (χ1v) is 70.3. The maximum absolute atomic E-state index is 11.4. The number of hydrogen-bond donors (Lipinski definition) is 8. The van der Waals surface area contributed by atoms with Gasteiger partial charge in [-0.1, -0.05) is 13.8 Å². The van der Waals surface area contributed by atoms with Crippen LogP contribution in [0.15, 0.2) is 0 Å². The minimum atomic E-state index is -2.98. The number of nitrogens with zero attached hydrogens (tertiary/aromatic N) is 5. The van der Waals surface area contributed by atoms with E-state index in [1.165, 1.54) is 28.3 Å². The van der Waals surface area contributed by atoms with Crippen molar-refractivity contribution in [2.75, 3.05) is 373 Å². The van der Waals surface area contributed by atoms with Crippen LogP contribution in [0.3, 0.4) is 0 Å². The van der Waals surface area contributed by atoms with Gasteiger partial charge in [-0.15, -0.1) is 0 Å². The predicted octanol–water partition coefficient (Wildman–Crippen LogP) is 6.79. The summed E-state index contributed by atoms with van der Waals surface area (Å²) in [4.78, 5) is 32.6. The lowest BCUT2D eigenvalue weighted by Gasteiger charge is -2.29. The fraction of sp³-hybridized carbons (Fsp3) is 0.978. The van der Waals surface area contributed by atoms with Gasteiger partial charge in [0.2, 0.25) is 5.91 Å². The van der Waals surface area contributed by atoms with E-state index >= 15 is 0 Å². The van der Waals surface area contributed by atoms with Crippen LogP contribution >= 0.6 is 0 Å². The number of carbonyl (C=O) groups is 2. The standard InChI is InChI=1S/C18H44N2O8Si2.C14H35NO7Si2.C13H29NO5Si.C13H31NO5Si.C12H30O7Si2.C9H23NO4Si.C8H18O5Si.C2H6/c1-23-29(24-2,25-3)17-7-9-19(13-15-21)11-12-20(14-16-22)10-8-18-30(26-4,27-5)28-6;1-17-23(18-2,19-3)13-7-9-15(11-12-16)10-8-14-24(20-4,21-5)22-6;1-4-17-20(18-5-2,19-6-3)12-8-10-14-13(16)9-7-11-15;1-4-17-20(18-5-2,19-6-3)13-7-8-14(9-11-15)10-12-16;1-7-16-20(17-8-2,18-9-3)12-10-11-19-21(13-4,14-5)15-6;1-10(7-8-11)6-5-9-15(12-2,13-3)14-4;1-8(9)13-6-5-7-14(10-2,11-3)12-4;1-2/h21-22H,7-18H2,1-6H3;16H,7-14H2,1-6H3;15H,4-12H2,1-3H3,(H,14,16);15-16H,4-13H2,1-3H3;7-12H2,1-6H3;11H,5-9H2,1-4H3;5-7H2,1-4H3;1-2H3. The van der Waals surface area contributed by atoms with E-state index in [-0.39, 0.29) is 58.1 Å². The lowest BCUT2D eigenvalue weighted by atomic mass is 10.3. The second-order valence-electron chi connectivity index (χ2n) is 31.1. The van der Waals surface area contributed by atoms with Crippen molar-refractivity contribution in [3.8, 4) is 0 Å². The number of rotatable bonds is 94. The minimum Gasteiger partial charge on any atom is -0.466 e. The van der Waals surface area contributed by atoms with Crippen molar-refractivity contribution in [3.05, 3.63) is 0 Å². The summed E-state index contributed by atoms with van der Waals surface area (Å²) in [6, 6.07) is 6.50. The van der Waals surface area contributed by atoms with E-state index in [2.05, 4.69) is 24.9 Å². The molecule has 0 radical (unpaired) electrons. The highest BCUT2D eigenvalue weighted by molar-refractivity contribution is 6.63. The molecular formula is C89H216N6O41Si10. The molecule has 888 valence electrons. The SMILES string of the molecule is CC.CCO[Si](CCCN(CCO)CCO)(OCC)OCC.CCO[Si](CCCNC(=O)CCCO)(OCC)OCC.CCO[Si](CCCO[Si](OC)(OC)OC)(OCC)OCC.CO[Si](CCCN(C)CCO)(OC)OC.CO[Si](CCCN(CCO)CCC[Si](OC)(OC)OC)(OC)OC.CO[Si](CCCN(CCO)CCN(CCO)CCC[Si](OC)(OC)OC)(OC)OC.CO[Si](CCCOC(C)=O)(OC)OC. The maximum atomic E-state index is 11.4. The summed E-state index contributed by atoms with van der Waals surface area (Å²) in [5.74, 6) is -0.305. The van der Waals surface area contributed by atoms with Crippen LogP contribution in [0.2, 0.25) is 54.4 Å². The molecule has 57 heteroatoms. The van der Waals surface area contributed by atoms with Gasteiger partial charge in [0.05, 0.1) is 46.2 Å². The molecule has 0 aliphatic heterocycles. The molecule has 0 aliphatic carbocycles. The Morgan fingerprint density at radius 1 is 0.233 bits per heavy atom. The van der Waals surface area contributed by atoms with Gasteiger partial charge < -0.3 is 193 Å². The van der Waals surface area contributed by atoms with Gasteiger partial charge in [0, 0.05) is 349 Å². The number of ether oxygens (including phenoxy) is 1. The molecule has 0 fully saturated rings. The molecule has 47 nitrogen and oxygen atoms in total. The van der Waals surface area contributed by atoms with Crippen molar-refractivity contribution in [2.45, 2.75) is 208 Å². The molecule has 0 aromatic rings. The third-order valence-electron chi connectivity index (χ3n) is 22.1. The van der Waals surface area contributed by atoms with Gasteiger partial charge >= 0.3 is 94.3 Å². The molecule has 0 saturated carbocycles. The molecule has 0 unspecified atom stereocenters. The van der Waals surface area contributed by atoms with Gasteiger partial charge in [-0.3, -0.25) is 24.3 Å². The molecule has 0 atom stereocenters. The number of amides is 1. The van der Waals surface area contributed by atoms with E-state index in [9.17, 15) is 24.9 Å². The normalized spacial score (nSPS) is 12.3. The quantitative estimate of drug-likeness (QED) is 0.0176. The highest BCUT2D eigenvalue weighted by Crippen LogP contribution is 2.26. The molecule has 0 aromatic heterocycles. The number of aliphatic hydroxyl groups is 7. The molecule has 0 aromatic carbocycles. The second-order valence-corrected chi connectivity index (χ2v) is 60.4. The van der Waals surface area contributed by atoms with Crippen LogP contribution in [-0.2, 0) is 152 Å². The van der Waals surface area contributed by atoms with Crippen molar-refractivity contribution in [1.82, 2.24) is 29.8 Å². The molecule has 8 N–H and O–H groups in total. The summed E-state index contributed by atoms with van der Waals surface area (Å²) in [5.41, 5.74) is 0. The molecule has 0 heterocycles. The second kappa shape index (κ2) is 107. The fourth-order valence-corrected chi connectivity index (χ4v) is 33.6. The van der Waals surface area contributed by atoms with Crippen LogP contribution in [0, 0.1) is 0 Å². The topological polar surface area (TPSA) is 499 Å². The predicted molar refractivity (Wildman–Crippen MR) is 583 cm³/mol. The van der Waals surface area contributed by atoms with Crippen molar-refractivity contribution < 1.29 is 187 Å². The van der Waals surface area contributed by atoms with Crippen LogP contribution in [0.4, 0.5) is 0 Å². The minimum absolute atomic E-state index is 0.0319. The van der Waals surface area contributed by atoms with E-state index in [1.54, 1.807) is 128 Å². The number of aliphatic hydroxyl groups excluding tert-OH is 7. The number of esters is 1. The molecule has 0 spiro atoms. The summed E-state index contributed by atoms with van der Waals surface area (Å²) in [6.07, 6.45) is 8.30. The molecule has 146 heavy (non-hydrogen) atoms. The zero-order valence-corrected chi connectivity index (χ0v) is 107. The average Bonchev–Trinajstić information content (AvgIpc) is 0.945. The third kappa shape index (κ3) is 78.5. The Morgan fingerprint density at radius 2 is 0.438 bits per heavy atom.